The lowest BCUT2D eigenvalue weighted by atomic mass is 10.1. The Morgan fingerprint density at radius 3 is 2.09 bits per heavy atom. The SMILES string of the molecule is O=C(CSc1ccc(NC(=O)/C(=C/c2ccccc2)NC(=O)c2ccccc2)cc1)NC1=NN(c2ccccc2)C(=O)C1. The number of benzene rings is 4. The summed E-state index contributed by atoms with van der Waals surface area (Å²) in [7, 11) is 0. The van der Waals surface area contributed by atoms with Crippen molar-refractivity contribution >= 4 is 58.7 Å². The molecule has 4 aromatic rings. The predicted octanol–water partition coefficient (Wildman–Crippen LogP) is 5.05. The van der Waals surface area contributed by atoms with Crippen LogP contribution in [0.4, 0.5) is 11.4 Å². The third-order valence-corrected chi connectivity index (χ3v) is 7.19. The van der Waals surface area contributed by atoms with Crippen molar-refractivity contribution in [1.29, 1.82) is 0 Å². The molecule has 0 saturated heterocycles. The molecule has 0 spiro atoms. The summed E-state index contributed by atoms with van der Waals surface area (Å²) in [6.45, 7) is 0. The van der Waals surface area contributed by atoms with Gasteiger partial charge in [-0.25, -0.2) is 0 Å². The Bertz CT molecular complexity index is 1680. The Morgan fingerprint density at radius 1 is 0.791 bits per heavy atom. The summed E-state index contributed by atoms with van der Waals surface area (Å²) in [5, 5.41) is 13.8. The fourth-order valence-corrected chi connectivity index (χ4v) is 4.81. The van der Waals surface area contributed by atoms with Gasteiger partial charge in [-0.2, -0.15) is 10.1 Å². The third kappa shape index (κ3) is 8.05. The number of hydrogen-bond donors (Lipinski definition) is 3. The van der Waals surface area contributed by atoms with Crippen molar-refractivity contribution in [2.24, 2.45) is 5.10 Å². The maximum Gasteiger partial charge on any atom is 0.272 e. The molecule has 9 nitrogen and oxygen atoms in total. The van der Waals surface area contributed by atoms with E-state index in [0.29, 0.717) is 22.8 Å². The molecule has 214 valence electrons. The lowest BCUT2D eigenvalue weighted by molar-refractivity contribution is -0.117. The quantitative estimate of drug-likeness (QED) is 0.186. The van der Waals surface area contributed by atoms with Gasteiger partial charge in [-0.05, 0) is 60.2 Å². The van der Waals surface area contributed by atoms with Gasteiger partial charge in [0.1, 0.15) is 11.5 Å². The van der Waals surface area contributed by atoms with Gasteiger partial charge < -0.3 is 16.0 Å². The van der Waals surface area contributed by atoms with Crippen LogP contribution in [-0.2, 0) is 14.4 Å². The Morgan fingerprint density at radius 2 is 1.42 bits per heavy atom. The molecule has 43 heavy (non-hydrogen) atoms. The Kier molecular flexibility index (Phi) is 9.40. The minimum Gasteiger partial charge on any atom is -0.321 e. The number of anilines is 2. The standard InChI is InChI=1S/C33H27N5O4S/c39-30(36-29-21-31(40)38(37-29)26-14-8-3-9-15-26)22-43-27-18-16-25(17-19-27)34-33(42)28(20-23-10-4-1-5-11-23)35-32(41)24-12-6-2-7-13-24/h1-20H,21-22H2,(H,34,42)(H,35,41)(H,36,37,39)/b28-20-. The van der Waals surface area contributed by atoms with Crippen molar-refractivity contribution in [3.8, 4) is 0 Å². The molecule has 0 aromatic heterocycles. The van der Waals surface area contributed by atoms with Crippen molar-refractivity contribution in [3.05, 3.63) is 132 Å². The number of carbonyl (C=O) groups is 4. The topological polar surface area (TPSA) is 120 Å². The molecular formula is C33H27N5O4S. The Labute approximate surface area is 252 Å². The van der Waals surface area contributed by atoms with Gasteiger partial charge in [-0.3, -0.25) is 19.2 Å². The number of amidine groups is 1. The first-order valence-corrected chi connectivity index (χ1v) is 14.4. The van der Waals surface area contributed by atoms with E-state index in [1.165, 1.54) is 16.8 Å². The third-order valence-electron chi connectivity index (χ3n) is 6.18. The van der Waals surface area contributed by atoms with Crippen molar-refractivity contribution in [2.75, 3.05) is 16.1 Å². The molecule has 1 aliphatic rings. The number of nitrogens with one attached hydrogen (secondary N) is 3. The van der Waals surface area contributed by atoms with Gasteiger partial charge in [-0.15, -0.1) is 11.8 Å². The lowest BCUT2D eigenvalue weighted by Gasteiger charge is -2.12. The molecular weight excluding hydrogens is 562 g/mol. The van der Waals surface area contributed by atoms with Gasteiger partial charge in [0.05, 0.1) is 17.9 Å². The average molecular weight is 590 g/mol. The highest BCUT2D eigenvalue weighted by Crippen LogP contribution is 2.22. The molecule has 5 rings (SSSR count). The van der Waals surface area contributed by atoms with Crippen molar-refractivity contribution in [2.45, 2.75) is 11.3 Å². The first-order valence-electron chi connectivity index (χ1n) is 13.4. The number of hydrazone groups is 1. The number of thioether (sulfide) groups is 1. The second kappa shape index (κ2) is 13.9. The van der Waals surface area contributed by atoms with Crippen LogP contribution in [0, 0.1) is 0 Å². The van der Waals surface area contributed by atoms with E-state index in [4.69, 9.17) is 0 Å². The molecule has 0 saturated carbocycles. The smallest absolute Gasteiger partial charge is 0.272 e. The number of rotatable bonds is 9. The second-order valence-corrected chi connectivity index (χ2v) is 10.4. The van der Waals surface area contributed by atoms with Crippen LogP contribution in [0.1, 0.15) is 22.3 Å². The highest BCUT2D eigenvalue weighted by atomic mass is 32.2. The van der Waals surface area contributed by atoms with E-state index in [-0.39, 0.29) is 29.7 Å². The summed E-state index contributed by atoms with van der Waals surface area (Å²) < 4.78 is 0. The van der Waals surface area contributed by atoms with Crippen molar-refractivity contribution in [1.82, 2.24) is 10.6 Å². The van der Waals surface area contributed by atoms with Crippen LogP contribution in [-0.4, -0.2) is 35.2 Å². The van der Waals surface area contributed by atoms with Gasteiger partial charge >= 0.3 is 0 Å². The van der Waals surface area contributed by atoms with E-state index in [1.807, 2.05) is 54.6 Å². The molecule has 4 amide bonds. The Hall–Kier alpha value is -5.48. The van der Waals surface area contributed by atoms with Crippen LogP contribution in [0.3, 0.4) is 0 Å². The van der Waals surface area contributed by atoms with Gasteiger partial charge in [0.15, 0.2) is 0 Å². The molecule has 4 aromatic carbocycles. The molecule has 3 N–H and O–H groups in total. The first-order chi connectivity index (χ1) is 20.9. The summed E-state index contributed by atoms with van der Waals surface area (Å²) in [5.74, 6) is -0.967. The zero-order valence-corrected chi connectivity index (χ0v) is 23.7. The van der Waals surface area contributed by atoms with E-state index in [2.05, 4.69) is 21.1 Å². The van der Waals surface area contributed by atoms with E-state index in [0.717, 1.165) is 10.5 Å². The van der Waals surface area contributed by atoms with Crippen LogP contribution in [0.5, 0.6) is 0 Å². The molecule has 0 radical (unpaired) electrons. The largest absolute Gasteiger partial charge is 0.321 e. The van der Waals surface area contributed by atoms with Gasteiger partial charge in [0, 0.05) is 16.1 Å². The average Bonchev–Trinajstić information content (AvgIpc) is 3.41. The number of para-hydroxylation sites is 1. The molecule has 0 aliphatic carbocycles. The van der Waals surface area contributed by atoms with Gasteiger partial charge in [-0.1, -0.05) is 66.7 Å². The summed E-state index contributed by atoms with van der Waals surface area (Å²) in [6, 6.07) is 33.9. The highest BCUT2D eigenvalue weighted by Gasteiger charge is 2.26. The van der Waals surface area contributed by atoms with Crippen LogP contribution in [0.2, 0.25) is 0 Å². The fourth-order valence-electron chi connectivity index (χ4n) is 4.11. The minimum atomic E-state index is -0.482. The molecule has 0 fully saturated rings. The maximum absolute atomic E-state index is 13.2. The van der Waals surface area contributed by atoms with Crippen molar-refractivity contribution in [3.63, 3.8) is 0 Å². The lowest BCUT2D eigenvalue weighted by Crippen LogP contribution is -2.31. The molecule has 0 atom stereocenters. The summed E-state index contributed by atoms with van der Waals surface area (Å²) in [5.41, 5.74) is 2.44. The molecule has 10 heteroatoms. The molecule has 0 bridgehead atoms. The van der Waals surface area contributed by atoms with Crippen LogP contribution in [0.25, 0.3) is 6.08 Å². The number of nitrogens with zero attached hydrogens (tertiary/aromatic N) is 2. The van der Waals surface area contributed by atoms with E-state index < -0.39 is 11.8 Å². The molecule has 1 heterocycles. The monoisotopic (exact) mass is 589 g/mol. The zero-order chi connectivity index (χ0) is 30.0. The minimum absolute atomic E-state index is 0.0200. The summed E-state index contributed by atoms with van der Waals surface area (Å²) in [4.78, 5) is 51.6. The van der Waals surface area contributed by atoms with Crippen molar-refractivity contribution < 1.29 is 19.2 Å². The fraction of sp³-hybridized carbons (Fsp3) is 0.0606. The number of amides is 4. The molecule has 0 unspecified atom stereocenters. The number of carbonyl (C=O) groups excluding carboxylic acids is 4. The maximum atomic E-state index is 13.2. The van der Waals surface area contributed by atoms with Crippen LogP contribution < -0.4 is 21.0 Å². The van der Waals surface area contributed by atoms with E-state index in [1.54, 1.807) is 66.7 Å². The number of hydrogen-bond acceptors (Lipinski definition) is 6. The summed E-state index contributed by atoms with van der Waals surface area (Å²) >= 11 is 1.30. The predicted molar refractivity (Wildman–Crippen MR) is 168 cm³/mol. The van der Waals surface area contributed by atoms with Crippen LogP contribution >= 0.6 is 11.8 Å². The highest BCUT2D eigenvalue weighted by molar-refractivity contribution is 8.00. The second-order valence-electron chi connectivity index (χ2n) is 9.37. The summed E-state index contributed by atoms with van der Waals surface area (Å²) in [6.07, 6.45) is 1.63. The van der Waals surface area contributed by atoms with Gasteiger partial charge in [0.25, 0.3) is 17.7 Å². The molecule has 1 aliphatic heterocycles. The van der Waals surface area contributed by atoms with Gasteiger partial charge in [0.2, 0.25) is 5.91 Å². The normalized spacial score (nSPS) is 12.8. The van der Waals surface area contributed by atoms with Crippen LogP contribution in [0.15, 0.2) is 131 Å². The Balaban J connectivity index is 1.17. The van der Waals surface area contributed by atoms with E-state index >= 15 is 0 Å². The van der Waals surface area contributed by atoms with E-state index in [9.17, 15) is 19.2 Å². The first kappa shape index (κ1) is 29.0. The zero-order valence-electron chi connectivity index (χ0n) is 22.9.